The number of rotatable bonds is 4. The second kappa shape index (κ2) is 6.30. The molecule has 2 aliphatic rings. The van der Waals surface area contributed by atoms with E-state index in [0.29, 0.717) is 11.6 Å². The van der Waals surface area contributed by atoms with Crippen LogP contribution >= 0.6 is 23.4 Å². The fourth-order valence-electron chi connectivity index (χ4n) is 1.95. The van der Waals surface area contributed by atoms with Crippen molar-refractivity contribution < 1.29 is 14.3 Å². The summed E-state index contributed by atoms with van der Waals surface area (Å²) in [6.07, 6.45) is 6.74. The van der Waals surface area contributed by atoms with E-state index in [1.807, 2.05) is 16.5 Å². The van der Waals surface area contributed by atoms with Crippen molar-refractivity contribution >= 4 is 35.1 Å². The molecule has 0 aromatic heterocycles. The van der Waals surface area contributed by atoms with E-state index in [4.69, 9.17) is 16.3 Å². The molecule has 4 nitrogen and oxygen atoms in total. The highest BCUT2D eigenvalue weighted by Crippen LogP contribution is 2.34. The van der Waals surface area contributed by atoms with Crippen LogP contribution in [0.4, 0.5) is 0 Å². The Balaban J connectivity index is 2.02. The van der Waals surface area contributed by atoms with Gasteiger partial charge < -0.3 is 9.64 Å². The number of allylic oxidation sites excluding steroid dienone is 3. The Morgan fingerprint density at radius 2 is 2.37 bits per heavy atom. The number of ether oxygens (including phenoxy) is 1. The highest BCUT2D eigenvalue weighted by Gasteiger charge is 2.33. The highest BCUT2D eigenvalue weighted by atomic mass is 35.5. The van der Waals surface area contributed by atoms with Crippen LogP contribution in [-0.4, -0.2) is 35.2 Å². The second-order valence-electron chi connectivity index (χ2n) is 4.11. The number of esters is 1. The van der Waals surface area contributed by atoms with E-state index in [9.17, 15) is 9.59 Å². The average Bonchev–Trinajstić information content (AvgIpc) is 2.77. The minimum Gasteiger partial charge on any atom is -0.465 e. The molecular weight excluding hydrogens is 286 g/mol. The number of carbonyl (C=O) groups is 2. The summed E-state index contributed by atoms with van der Waals surface area (Å²) in [5, 5.41) is 2.20. The fraction of sp³-hybridized carbons (Fsp3) is 0.385. The number of hydrogen-bond donors (Lipinski definition) is 0. The van der Waals surface area contributed by atoms with Crippen LogP contribution in [0.15, 0.2) is 34.9 Å². The maximum Gasteiger partial charge on any atom is 0.325 e. The lowest BCUT2D eigenvalue weighted by Gasteiger charge is -2.29. The zero-order valence-corrected chi connectivity index (χ0v) is 12.0. The van der Waals surface area contributed by atoms with Gasteiger partial charge in [-0.25, -0.2) is 0 Å². The molecule has 1 aliphatic carbocycles. The summed E-state index contributed by atoms with van der Waals surface area (Å²) in [5.41, 5.74) is 0. The van der Waals surface area contributed by atoms with Crippen molar-refractivity contribution in [2.24, 2.45) is 5.92 Å². The number of hydrogen-bond acceptors (Lipinski definition) is 5. The Morgan fingerprint density at radius 1 is 1.58 bits per heavy atom. The van der Waals surface area contributed by atoms with Gasteiger partial charge in [-0.2, -0.15) is 0 Å². The zero-order chi connectivity index (χ0) is 13.8. The number of carbonyl (C=O) groups excluding carboxylic acids is 2. The van der Waals surface area contributed by atoms with Crippen LogP contribution in [0.2, 0.25) is 0 Å². The summed E-state index contributed by atoms with van der Waals surface area (Å²) in [4.78, 5) is 25.3. The molecule has 0 radical (unpaired) electrons. The molecule has 2 rings (SSSR count). The Morgan fingerprint density at radius 3 is 3.05 bits per heavy atom. The van der Waals surface area contributed by atoms with Crippen molar-refractivity contribution in [2.45, 2.75) is 12.3 Å². The molecule has 0 fully saturated rings. The largest absolute Gasteiger partial charge is 0.465 e. The molecule has 102 valence electrons. The lowest BCUT2D eigenvalue weighted by atomic mass is 9.98. The van der Waals surface area contributed by atoms with Crippen molar-refractivity contribution in [2.75, 3.05) is 13.2 Å². The first-order valence-corrected chi connectivity index (χ1v) is 7.26. The van der Waals surface area contributed by atoms with Crippen molar-refractivity contribution in [3.63, 3.8) is 0 Å². The summed E-state index contributed by atoms with van der Waals surface area (Å²) in [7, 11) is 0. The third-order valence-electron chi connectivity index (χ3n) is 2.79. The third kappa shape index (κ3) is 3.42. The summed E-state index contributed by atoms with van der Waals surface area (Å²) in [5.74, 6) is -0.625. The van der Waals surface area contributed by atoms with E-state index in [1.165, 1.54) is 17.8 Å². The molecule has 19 heavy (non-hydrogen) atoms. The Kier molecular flexibility index (Phi) is 4.71. The van der Waals surface area contributed by atoms with Gasteiger partial charge in [0.2, 0.25) is 0 Å². The van der Waals surface area contributed by atoms with Crippen LogP contribution in [0.25, 0.3) is 0 Å². The Bertz CT molecular complexity index is 473. The van der Waals surface area contributed by atoms with Crippen molar-refractivity contribution in [1.82, 2.24) is 4.90 Å². The fourth-order valence-corrected chi connectivity index (χ4v) is 3.22. The number of thioether (sulfide) groups is 1. The monoisotopic (exact) mass is 299 g/mol. The van der Waals surface area contributed by atoms with Gasteiger partial charge in [-0.15, -0.1) is 11.8 Å². The predicted molar refractivity (Wildman–Crippen MR) is 75.4 cm³/mol. The van der Waals surface area contributed by atoms with E-state index in [-0.39, 0.29) is 29.6 Å². The molecule has 0 bridgehead atoms. The van der Waals surface area contributed by atoms with Crippen molar-refractivity contribution in [1.29, 1.82) is 0 Å². The molecule has 0 amide bonds. The van der Waals surface area contributed by atoms with Gasteiger partial charge in [0.05, 0.1) is 17.9 Å². The normalized spacial score (nSPS) is 25.7. The molecule has 2 unspecified atom stereocenters. The van der Waals surface area contributed by atoms with Crippen LogP contribution in [-0.2, 0) is 14.3 Å². The van der Waals surface area contributed by atoms with Gasteiger partial charge in [-0.3, -0.25) is 9.59 Å². The summed E-state index contributed by atoms with van der Waals surface area (Å²) >= 11 is 7.30. The predicted octanol–water partition coefficient (Wildman–Crippen LogP) is 2.27. The van der Waals surface area contributed by atoms with E-state index >= 15 is 0 Å². The smallest absolute Gasteiger partial charge is 0.325 e. The minimum atomic E-state index is -0.295. The quantitative estimate of drug-likeness (QED) is 0.745. The van der Waals surface area contributed by atoms with Crippen LogP contribution in [0.3, 0.4) is 0 Å². The number of nitrogens with zero attached hydrogens (tertiary/aromatic N) is 1. The van der Waals surface area contributed by atoms with Crippen molar-refractivity contribution in [3.8, 4) is 0 Å². The third-order valence-corrected chi connectivity index (χ3v) is 4.15. The van der Waals surface area contributed by atoms with Gasteiger partial charge in [0, 0.05) is 17.3 Å². The summed E-state index contributed by atoms with van der Waals surface area (Å²) in [6.45, 7) is 2.27. The van der Waals surface area contributed by atoms with E-state index in [1.54, 1.807) is 19.1 Å². The molecule has 1 heterocycles. The molecule has 0 spiro atoms. The van der Waals surface area contributed by atoms with Gasteiger partial charge in [-0.05, 0) is 18.4 Å². The molecular formula is C13H14ClNO3S. The minimum absolute atomic E-state index is 0.0393. The van der Waals surface area contributed by atoms with E-state index in [2.05, 4.69) is 0 Å². The maximum absolute atomic E-state index is 12.0. The zero-order valence-electron chi connectivity index (χ0n) is 10.4. The maximum atomic E-state index is 12.0. The SMILES string of the molecule is CCOC(=O)CN1C=CSC1C1C=CC(Cl)=CC1=O. The van der Waals surface area contributed by atoms with Gasteiger partial charge >= 0.3 is 5.97 Å². The first-order chi connectivity index (χ1) is 9.11. The standard InChI is InChI=1S/C13H14ClNO3S/c1-2-18-12(17)8-15-5-6-19-13(15)10-4-3-9(14)7-11(10)16/h3-7,10,13H,2,8H2,1H3. The second-order valence-corrected chi connectivity index (χ2v) is 5.57. The molecule has 0 saturated heterocycles. The summed E-state index contributed by atoms with van der Waals surface area (Å²) < 4.78 is 4.92. The molecule has 0 N–H and O–H groups in total. The first kappa shape index (κ1) is 14.2. The van der Waals surface area contributed by atoms with Crippen LogP contribution in [0.5, 0.6) is 0 Å². The molecule has 0 aromatic carbocycles. The van der Waals surface area contributed by atoms with Gasteiger partial charge in [-0.1, -0.05) is 17.7 Å². The molecule has 2 atom stereocenters. The van der Waals surface area contributed by atoms with E-state index < -0.39 is 0 Å². The Hall–Kier alpha value is -1.20. The highest BCUT2D eigenvalue weighted by molar-refractivity contribution is 8.02. The first-order valence-electron chi connectivity index (χ1n) is 5.94. The topological polar surface area (TPSA) is 46.6 Å². The van der Waals surface area contributed by atoms with Crippen LogP contribution < -0.4 is 0 Å². The molecule has 1 aliphatic heterocycles. The van der Waals surface area contributed by atoms with Crippen molar-refractivity contribution in [3.05, 3.63) is 34.9 Å². The lowest BCUT2D eigenvalue weighted by Crippen LogP contribution is -2.38. The lowest BCUT2D eigenvalue weighted by molar-refractivity contribution is -0.144. The van der Waals surface area contributed by atoms with Crippen LogP contribution in [0.1, 0.15) is 6.92 Å². The van der Waals surface area contributed by atoms with Gasteiger partial charge in [0.15, 0.2) is 5.78 Å². The van der Waals surface area contributed by atoms with E-state index in [0.717, 1.165) is 0 Å². The summed E-state index contributed by atoms with van der Waals surface area (Å²) in [6, 6.07) is 0. The Labute approximate surface area is 121 Å². The number of ketones is 1. The molecule has 6 heteroatoms. The van der Waals surface area contributed by atoms with Gasteiger partial charge in [0.25, 0.3) is 0 Å². The number of halogens is 1. The van der Waals surface area contributed by atoms with Crippen LogP contribution in [0, 0.1) is 5.92 Å². The molecule has 0 saturated carbocycles. The van der Waals surface area contributed by atoms with Gasteiger partial charge in [0.1, 0.15) is 6.54 Å². The average molecular weight is 300 g/mol. The molecule has 0 aromatic rings.